The predicted octanol–water partition coefficient (Wildman–Crippen LogP) is 3.58. The molecule has 0 heterocycles. The number of nitrogens with zero attached hydrogens (tertiary/aromatic N) is 2. The summed E-state index contributed by atoms with van der Waals surface area (Å²) in [5.74, 6) is -0.697. The molecule has 0 bridgehead atoms. The maximum absolute atomic E-state index is 13.4. The van der Waals surface area contributed by atoms with Crippen LogP contribution in [0.4, 0.5) is 5.69 Å². The second-order valence-corrected chi connectivity index (χ2v) is 10.8. The van der Waals surface area contributed by atoms with E-state index in [-0.39, 0.29) is 18.5 Å². The average molecular weight is 492 g/mol. The number of hydrogen-bond acceptors (Lipinski definition) is 4. The molecule has 178 valence electrons. The molecule has 2 aromatic carbocycles. The molecule has 3 rings (SSSR count). The standard InChI is InChI=1S/C24H30ClN3O4S/c1-18(24(30)26-21-10-6-7-11-21)27(16-19-8-4-3-5-9-19)23(29)17-28(33(2,31)32)22-14-12-20(25)13-15-22/h3-5,8-9,12-15,18,21H,6-7,10-11,16-17H2,1-2H3,(H,26,30)/t18-/m0/s1. The van der Waals surface area contributed by atoms with Crippen molar-refractivity contribution in [2.24, 2.45) is 0 Å². The largest absolute Gasteiger partial charge is 0.352 e. The van der Waals surface area contributed by atoms with Gasteiger partial charge in [-0.1, -0.05) is 54.8 Å². The van der Waals surface area contributed by atoms with Crippen LogP contribution >= 0.6 is 11.6 Å². The van der Waals surface area contributed by atoms with Gasteiger partial charge in [0.1, 0.15) is 12.6 Å². The summed E-state index contributed by atoms with van der Waals surface area (Å²) in [5.41, 5.74) is 1.18. The van der Waals surface area contributed by atoms with E-state index in [0.717, 1.165) is 41.8 Å². The van der Waals surface area contributed by atoms with Gasteiger partial charge >= 0.3 is 0 Å². The lowest BCUT2D eigenvalue weighted by atomic mass is 10.1. The van der Waals surface area contributed by atoms with E-state index in [4.69, 9.17) is 11.6 Å². The Kier molecular flexibility index (Phi) is 8.37. The number of hydrogen-bond donors (Lipinski definition) is 1. The van der Waals surface area contributed by atoms with Crippen molar-refractivity contribution in [3.8, 4) is 0 Å². The van der Waals surface area contributed by atoms with E-state index in [0.29, 0.717) is 10.7 Å². The van der Waals surface area contributed by atoms with E-state index in [9.17, 15) is 18.0 Å². The molecule has 9 heteroatoms. The van der Waals surface area contributed by atoms with Gasteiger partial charge in [-0.3, -0.25) is 13.9 Å². The molecular weight excluding hydrogens is 462 g/mol. The second kappa shape index (κ2) is 11.0. The molecule has 1 fully saturated rings. The summed E-state index contributed by atoms with van der Waals surface area (Å²) in [4.78, 5) is 27.9. The molecule has 2 amide bonds. The normalized spacial score (nSPS) is 15.1. The van der Waals surface area contributed by atoms with Gasteiger partial charge in [0.2, 0.25) is 21.8 Å². The van der Waals surface area contributed by atoms with E-state index in [2.05, 4.69) is 5.32 Å². The Morgan fingerprint density at radius 3 is 2.24 bits per heavy atom. The summed E-state index contributed by atoms with van der Waals surface area (Å²) in [5, 5.41) is 3.50. The number of benzene rings is 2. The van der Waals surface area contributed by atoms with Crippen molar-refractivity contribution in [1.29, 1.82) is 0 Å². The fraction of sp³-hybridized carbons (Fsp3) is 0.417. The Hall–Kier alpha value is -2.58. The minimum absolute atomic E-state index is 0.121. The van der Waals surface area contributed by atoms with Crippen molar-refractivity contribution < 1.29 is 18.0 Å². The average Bonchev–Trinajstić information content (AvgIpc) is 3.29. The first-order valence-electron chi connectivity index (χ1n) is 11.0. The van der Waals surface area contributed by atoms with Crippen LogP contribution in [0, 0.1) is 0 Å². The van der Waals surface area contributed by atoms with Gasteiger partial charge in [0, 0.05) is 17.6 Å². The molecule has 1 N–H and O–H groups in total. The smallest absolute Gasteiger partial charge is 0.244 e. The molecule has 0 radical (unpaired) electrons. The number of anilines is 1. The summed E-state index contributed by atoms with van der Waals surface area (Å²) in [7, 11) is -3.75. The second-order valence-electron chi connectivity index (χ2n) is 8.42. The predicted molar refractivity (Wildman–Crippen MR) is 130 cm³/mol. The van der Waals surface area contributed by atoms with Gasteiger partial charge < -0.3 is 10.2 Å². The van der Waals surface area contributed by atoms with Crippen LogP contribution in [0.2, 0.25) is 5.02 Å². The number of sulfonamides is 1. The molecule has 0 aliphatic heterocycles. The molecule has 1 saturated carbocycles. The van der Waals surface area contributed by atoms with Gasteiger partial charge in [0.05, 0.1) is 11.9 Å². The fourth-order valence-electron chi connectivity index (χ4n) is 3.98. The number of amides is 2. The highest BCUT2D eigenvalue weighted by Gasteiger charge is 2.31. The topological polar surface area (TPSA) is 86.8 Å². The molecule has 1 aliphatic carbocycles. The molecule has 0 aromatic heterocycles. The zero-order chi connectivity index (χ0) is 24.0. The molecule has 1 atom stereocenters. The third kappa shape index (κ3) is 6.95. The molecule has 0 spiro atoms. The highest BCUT2D eigenvalue weighted by Crippen LogP contribution is 2.22. The molecule has 0 saturated heterocycles. The van der Waals surface area contributed by atoms with Crippen molar-refractivity contribution in [2.45, 2.75) is 51.2 Å². The zero-order valence-corrected chi connectivity index (χ0v) is 20.5. The lowest BCUT2D eigenvalue weighted by molar-refractivity contribution is -0.139. The minimum Gasteiger partial charge on any atom is -0.352 e. The van der Waals surface area contributed by atoms with Crippen molar-refractivity contribution in [3.05, 3.63) is 65.2 Å². The monoisotopic (exact) mass is 491 g/mol. The first-order valence-corrected chi connectivity index (χ1v) is 13.2. The molecule has 0 unspecified atom stereocenters. The minimum atomic E-state index is -3.75. The summed E-state index contributed by atoms with van der Waals surface area (Å²) in [6, 6.07) is 14.9. The Bertz CT molecular complexity index is 1050. The molecule has 1 aliphatic rings. The quantitative estimate of drug-likeness (QED) is 0.580. The van der Waals surface area contributed by atoms with Gasteiger partial charge in [-0.25, -0.2) is 8.42 Å². The van der Waals surface area contributed by atoms with Crippen LogP contribution in [0.1, 0.15) is 38.2 Å². The van der Waals surface area contributed by atoms with E-state index >= 15 is 0 Å². The first kappa shape index (κ1) is 25.1. The van der Waals surface area contributed by atoms with Crippen molar-refractivity contribution in [1.82, 2.24) is 10.2 Å². The van der Waals surface area contributed by atoms with Crippen molar-refractivity contribution in [3.63, 3.8) is 0 Å². The zero-order valence-electron chi connectivity index (χ0n) is 18.9. The fourth-order valence-corrected chi connectivity index (χ4v) is 4.95. The lowest BCUT2D eigenvalue weighted by Crippen LogP contribution is -2.52. The Labute approximate surface area is 200 Å². The Morgan fingerprint density at radius 1 is 1.06 bits per heavy atom. The number of nitrogens with one attached hydrogen (secondary N) is 1. The van der Waals surface area contributed by atoms with Crippen LogP contribution in [0.15, 0.2) is 54.6 Å². The summed E-state index contributed by atoms with van der Waals surface area (Å²) < 4.78 is 26.1. The molecule has 33 heavy (non-hydrogen) atoms. The first-order chi connectivity index (χ1) is 15.6. The van der Waals surface area contributed by atoms with Gasteiger partial charge in [0.15, 0.2) is 0 Å². The van der Waals surface area contributed by atoms with Gasteiger partial charge in [-0.2, -0.15) is 0 Å². The Balaban J connectivity index is 1.84. The van der Waals surface area contributed by atoms with Crippen LogP contribution in [0.25, 0.3) is 0 Å². The van der Waals surface area contributed by atoms with Crippen LogP contribution in [0.3, 0.4) is 0 Å². The lowest BCUT2D eigenvalue weighted by Gasteiger charge is -2.32. The van der Waals surface area contributed by atoms with Crippen LogP contribution in [-0.2, 0) is 26.2 Å². The molecular formula is C24H30ClN3O4S. The third-order valence-electron chi connectivity index (χ3n) is 5.86. The van der Waals surface area contributed by atoms with Crippen molar-refractivity contribution in [2.75, 3.05) is 17.1 Å². The van der Waals surface area contributed by atoms with Gasteiger partial charge in [0.25, 0.3) is 0 Å². The maximum atomic E-state index is 13.4. The summed E-state index contributed by atoms with van der Waals surface area (Å²) in [6.07, 6.45) is 5.08. The molecule has 7 nitrogen and oxygen atoms in total. The van der Waals surface area contributed by atoms with Crippen LogP contribution in [0.5, 0.6) is 0 Å². The third-order valence-corrected chi connectivity index (χ3v) is 7.25. The van der Waals surface area contributed by atoms with Crippen LogP contribution in [-0.4, -0.2) is 50.0 Å². The highest BCUT2D eigenvalue weighted by atomic mass is 35.5. The number of rotatable bonds is 9. The van der Waals surface area contributed by atoms with Gasteiger partial charge in [-0.05, 0) is 49.6 Å². The highest BCUT2D eigenvalue weighted by molar-refractivity contribution is 7.92. The van der Waals surface area contributed by atoms with E-state index < -0.39 is 28.5 Å². The van der Waals surface area contributed by atoms with E-state index in [1.165, 1.54) is 4.90 Å². The van der Waals surface area contributed by atoms with Gasteiger partial charge in [-0.15, -0.1) is 0 Å². The van der Waals surface area contributed by atoms with E-state index in [1.807, 2.05) is 30.3 Å². The SMILES string of the molecule is C[C@@H](C(=O)NC1CCCC1)N(Cc1ccccc1)C(=O)CN(c1ccc(Cl)cc1)S(C)(=O)=O. The number of halogens is 1. The van der Waals surface area contributed by atoms with E-state index in [1.54, 1.807) is 31.2 Å². The number of carbonyl (C=O) groups is 2. The van der Waals surface area contributed by atoms with Crippen LogP contribution < -0.4 is 9.62 Å². The number of carbonyl (C=O) groups excluding carboxylic acids is 2. The van der Waals surface area contributed by atoms with Crippen molar-refractivity contribution >= 4 is 39.1 Å². The molecule has 2 aromatic rings. The maximum Gasteiger partial charge on any atom is 0.244 e. The summed E-state index contributed by atoms with van der Waals surface area (Å²) >= 11 is 5.94. The Morgan fingerprint density at radius 2 is 1.67 bits per heavy atom. The summed E-state index contributed by atoms with van der Waals surface area (Å²) in [6.45, 7) is 1.45.